The fraction of sp³-hybridized carbons (Fsp3) is 0.538. The predicted molar refractivity (Wildman–Crippen MR) is 78.9 cm³/mol. The van der Waals surface area contributed by atoms with Crippen molar-refractivity contribution < 1.29 is 8.42 Å². The number of rotatable bonds is 6. The SMILES string of the molecule is CNS(=O)(=O)c1ccccc1NCC(C)(C)N(C)C. The lowest BCUT2D eigenvalue weighted by molar-refractivity contribution is 0.210. The minimum atomic E-state index is -3.44. The highest BCUT2D eigenvalue weighted by atomic mass is 32.2. The van der Waals surface area contributed by atoms with Crippen molar-refractivity contribution in [3.63, 3.8) is 0 Å². The predicted octanol–water partition coefficient (Wildman–Crippen LogP) is 1.35. The van der Waals surface area contributed by atoms with Crippen molar-refractivity contribution in [2.75, 3.05) is 33.0 Å². The van der Waals surface area contributed by atoms with E-state index in [0.717, 1.165) is 0 Å². The fourth-order valence-corrected chi connectivity index (χ4v) is 2.33. The molecule has 0 aliphatic rings. The van der Waals surface area contributed by atoms with Crippen LogP contribution in [0.25, 0.3) is 0 Å². The second kappa shape index (κ2) is 5.90. The quantitative estimate of drug-likeness (QED) is 0.828. The van der Waals surface area contributed by atoms with E-state index in [2.05, 4.69) is 28.8 Å². The Balaban J connectivity index is 2.98. The highest BCUT2D eigenvalue weighted by Gasteiger charge is 2.22. The van der Waals surface area contributed by atoms with Gasteiger partial charge in [0.2, 0.25) is 10.0 Å². The van der Waals surface area contributed by atoms with Crippen LogP contribution in [0.4, 0.5) is 5.69 Å². The monoisotopic (exact) mass is 285 g/mol. The molecule has 0 radical (unpaired) electrons. The van der Waals surface area contributed by atoms with Gasteiger partial charge < -0.3 is 10.2 Å². The van der Waals surface area contributed by atoms with Gasteiger partial charge in [0.05, 0.1) is 5.69 Å². The van der Waals surface area contributed by atoms with Crippen molar-refractivity contribution in [3.05, 3.63) is 24.3 Å². The first kappa shape index (κ1) is 15.9. The van der Waals surface area contributed by atoms with Gasteiger partial charge in [0.25, 0.3) is 0 Å². The first-order chi connectivity index (χ1) is 8.70. The van der Waals surface area contributed by atoms with Gasteiger partial charge in [0, 0.05) is 12.1 Å². The molecule has 0 amide bonds. The number of anilines is 1. The summed E-state index contributed by atoms with van der Waals surface area (Å²) in [5, 5.41) is 3.21. The normalized spacial score (nSPS) is 12.7. The van der Waals surface area contributed by atoms with Crippen molar-refractivity contribution in [2.24, 2.45) is 0 Å². The van der Waals surface area contributed by atoms with Gasteiger partial charge >= 0.3 is 0 Å². The molecule has 0 fully saturated rings. The van der Waals surface area contributed by atoms with E-state index in [1.807, 2.05) is 20.2 Å². The number of nitrogens with one attached hydrogen (secondary N) is 2. The van der Waals surface area contributed by atoms with Crippen molar-refractivity contribution in [2.45, 2.75) is 24.3 Å². The van der Waals surface area contributed by atoms with Gasteiger partial charge in [-0.25, -0.2) is 13.1 Å². The summed E-state index contributed by atoms with van der Waals surface area (Å²) in [5.74, 6) is 0. The molecule has 0 atom stereocenters. The topological polar surface area (TPSA) is 61.4 Å². The maximum atomic E-state index is 11.9. The molecular formula is C13H23N3O2S. The molecule has 1 aromatic rings. The third kappa shape index (κ3) is 3.92. The molecule has 1 aromatic carbocycles. The molecule has 19 heavy (non-hydrogen) atoms. The van der Waals surface area contributed by atoms with Crippen molar-refractivity contribution in [1.29, 1.82) is 0 Å². The second-order valence-corrected chi connectivity index (χ2v) is 7.12. The molecule has 0 saturated heterocycles. The molecule has 0 aliphatic carbocycles. The molecule has 5 nitrogen and oxygen atoms in total. The van der Waals surface area contributed by atoms with Crippen LogP contribution in [-0.4, -0.2) is 46.5 Å². The van der Waals surface area contributed by atoms with E-state index >= 15 is 0 Å². The number of likely N-dealkylation sites (N-methyl/N-ethyl adjacent to an activating group) is 1. The van der Waals surface area contributed by atoms with Crippen LogP contribution >= 0.6 is 0 Å². The zero-order valence-electron chi connectivity index (χ0n) is 12.2. The molecule has 0 unspecified atom stereocenters. The van der Waals surface area contributed by atoms with E-state index in [1.165, 1.54) is 7.05 Å². The smallest absolute Gasteiger partial charge is 0.242 e. The summed E-state index contributed by atoms with van der Waals surface area (Å²) in [4.78, 5) is 2.36. The van der Waals surface area contributed by atoms with E-state index in [9.17, 15) is 8.42 Å². The van der Waals surface area contributed by atoms with Crippen LogP contribution in [0.3, 0.4) is 0 Å². The van der Waals surface area contributed by atoms with Gasteiger partial charge in [0.1, 0.15) is 4.90 Å². The third-order valence-electron chi connectivity index (χ3n) is 3.37. The van der Waals surface area contributed by atoms with Gasteiger partial charge in [-0.15, -0.1) is 0 Å². The summed E-state index contributed by atoms with van der Waals surface area (Å²) in [6.45, 7) is 4.83. The summed E-state index contributed by atoms with van der Waals surface area (Å²) in [7, 11) is 1.97. The molecule has 0 bridgehead atoms. The summed E-state index contributed by atoms with van der Waals surface area (Å²) in [6, 6.07) is 6.90. The number of hydrogen-bond acceptors (Lipinski definition) is 4. The van der Waals surface area contributed by atoms with E-state index in [4.69, 9.17) is 0 Å². The Hall–Kier alpha value is -1.11. The Kier molecular flexibility index (Phi) is 4.95. The van der Waals surface area contributed by atoms with E-state index in [0.29, 0.717) is 12.2 Å². The van der Waals surface area contributed by atoms with Gasteiger partial charge in [0.15, 0.2) is 0 Å². The maximum absolute atomic E-state index is 11.9. The average molecular weight is 285 g/mol. The molecule has 0 saturated carbocycles. The number of para-hydroxylation sites is 1. The molecule has 0 aliphatic heterocycles. The van der Waals surface area contributed by atoms with Gasteiger partial charge in [-0.2, -0.15) is 0 Å². The number of hydrogen-bond donors (Lipinski definition) is 2. The second-order valence-electron chi connectivity index (χ2n) is 5.26. The summed E-state index contributed by atoms with van der Waals surface area (Å²) < 4.78 is 26.2. The van der Waals surface area contributed by atoms with Gasteiger partial charge in [-0.3, -0.25) is 0 Å². The zero-order valence-corrected chi connectivity index (χ0v) is 13.0. The van der Waals surface area contributed by atoms with Crippen LogP contribution in [0.1, 0.15) is 13.8 Å². The minimum Gasteiger partial charge on any atom is -0.382 e. The molecule has 0 spiro atoms. The summed E-state index contributed by atoms with van der Waals surface area (Å²) in [5.41, 5.74) is 0.544. The Morgan fingerprint density at radius 3 is 2.32 bits per heavy atom. The number of benzene rings is 1. The lowest BCUT2D eigenvalue weighted by Gasteiger charge is -2.33. The van der Waals surface area contributed by atoms with Crippen LogP contribution in [0.5, 0.6) is 0 Å². The Morgan fingerprint density at radius 1 is 1.21 bits per heavy atom. The first-order valence-electron chi connectivity index (χ1n) is 6.14. The Bertz CT molecular complexity index is 524. The van der Waals surface area contributed by atoms with Gasteiger partial charge in [-0.1, -0.05) is 12.1 Å². The first-order valence-corrected chi connectivity index (χ1v) is 7.63. The Labute approximate surface area is 116 Å². The maximum Gasteiger partial charge on any atom is 0.242 e. The largest absolute Gasteiger partial charge is 0.382 e. The third-order valence-corrected chi connectivity index (χ3v) is 4.84. The van der Waals surface area contributed by atoms with Crippen LogP contribution in [-0.2, 0) is 10.0 Å². The molecule has 2 N–H and O–H groups in total. The zero-order chi connectivity index (χ0) is 14.7. The van der Waals surface area contributed by atoms with Crippen LogP contribution in [0.15, 0.2) is 29.2 Å². The standard InChI is InChI=1S/C13H23N3O2S/c1-13(2,16(4)5)10-15-11-8-6-7-9-12(11)19(17,18)14-3/h6-9,14-15H,10H2,1-5H3. The lowest BCUT2D eigenvalue weighted by Crippen LogP contribution is -2.44. The van der Waals surface area contributed by atoms with Gasteiger partial charge in [-0.05, 0) is 47.1 Å². The molecule has 0 heterocycles. The van der Waals surface area contributed by atoms with Crippen LogP contribution in [0, 0.1) is 0 Å². The molecule has 108 valence electrons. The van der Waals surface area contributed by atoms with Crippen LogP contribution < -0.4 is 10.0 Å². The summed E-state index contributed by atoms with van der Waals surface area (Å²) in [6.07, 6.45) is 0. The van der Waals surface area contributed by atoms with E-state index in [1.54, 1.807) is 18.2 Å². The molecular weight excluding hydrogens is 262 g/mol. The van der Waals surface area contributed by atoms with E-state index in [-0.39, 0.29) is 10.4 Å². The Morgan fingerprint density at radius 2 is 1.79 bits per heavy atom. The number of nitrogens with zero attached hydrogens (tertiary/aromatic N) is 1. The van der Waals surface area contributed by atoms with E-state index < -0.39 is 10.0 Å². The average Bonchev–Trinajstić information content (AvgIpc) is 2.36. The fourth-order valence-electron chi connectivity index (χ4n) is 1.43. The highest BCUT2D eigenvalue weighted by molar-refractivity contribution is 7.89. The van der Waals surface area contributed by atoms with Crippen LogP contribution in [0.2, 0.25) is 0 Å². The highest BCUT2D eigenvalue weighted by Crippen LogP contribution is 2.21. The lowest BCUT2D eigenvalue weighted by atomic mass is 10.0. The summed E-state index contributed by atoms with van der Waals surface area (Å²) >= 11 is 0. The molecule has 1 rings (SSSR count). The van der Waals surface area contributed by atoms with Crippen molar-refractivity contribution >= 4 is 15.7 Å². The molecule has 0 aromatic heterocycles. The minimum absolute atomic E-state index is 0.0729. The van der Waals surface area contributed by atoms with Crippen molar-refractivity contribution in [3.8, 4) is 0 Å². The number of sulfonamides is 1. The van der Waals surface area contributed by atoms with Crippen molar-refractivity contribution in [1.82, 2.24) is 9.62 Å². The molecule has 6 heteroatoms.